The number of ether oxygens (including phenoxy) is 1. The van der Waals surface area contributed by atoms with Gasteiger partial charge in [0.2, 0.25) is 5.91 Å². The van der Waals surface area contributed by atoms with E-state index in [1.807, 2.05) is 24.0 Å². The lowest BCUT2D eigenvalue weighted by Gasteiger charge is -2.36. The van der Waals surface area contributed by atoms with E-state index in [9.17, 15) is 9.90 Å². The molecule has 8 heteroatoms. The number of nitrogens with two attached hydrogens (primary N) is 1. The molecule has 1 saturated heterocycles. The third kappa shape index (κ3) is 4.69. The number of carbonyl (C=O) groups excluding carboxylic acids is 1. The van der Waals surface area contributed by atoms with E-state index in [4.69, 9.17) is 10.5 Å². The molecule has 3 rings (SSSR count). The number of nitrogens with zero attached hydrogens (tertiary/aromatic N) is 4. The third-order valence-corrected chi connectivity index (χ3v) is 4.76. The molecule has 0 atom stereocenters. The van der Waals surface area contributed by atoms with Gasteiger partial charge in [0.05, 0.1) is 24.4 Å². The molecule has 2 heterocycles. The lowest BCUT2D eigenvalue weighted by atomic mass is 10.1. The molecule has 0 unspecified atom stereocenters. The van der Waals surface area contributed by atoms with Crippen molar-refractivity contribution in [2.24, 2.45) is 0 Å². The molecule has 28 heavy (non-hydrogen) atoms. The molecule has 1 aliphatic rings. The van der Waals surface area contributed by atoms with Crippen molar-refractivity contribution in [2.45, 2.75) is 19.8 Å². The SMILES string of the molecule is CCCOCCC(=O)N1CCN(c2cc(-c3ccccc3O)nnc2N)CC1. The highest BCUT2D eigenvalue weighted by Gasteiger charge is 2.23. The fraction of sp³-hybridized carbons (Fsp3) is 0.450. The minimum atomic E-state index is 0.117. The standard InChI is InChI=1S/C20H27N5O3/c1-2-12-28-13-7-19(27)25-10-8-24(9-11-25)17-14-16(22-23-20(17)21)15-5-3-4-6-18(15)26/h3-6,14,26H,2,7-13H2,1H3,(H2,21,23). The van der Waals surface area contributed by atoms with Crippen LogP contribution in [0.1, 0.15) is 19.8 Å². The summed E-state index contributed by atoms with van der Waals surface area (Å²) in [5.41, 5.74) is 7.99. The number of aromatic hydroxyl groups is 1. The van der Waals surface area contributed by atoms with Gasteiger partial charge in [-0.15, -0.1) is 10.2 Å². The van der Waals surface area contributed by atoms with E-state index in [2.05, 4.69) is 15.1 Å². The smallest absolute Gasteiger partial charge is 0.225 e. The molecule has 2 aromatic rings. The topological polar surface area (TPSA) is 105 Å². The van der Waals surface area contributed by atoms with Crippen molar-refractivity contribution in [1.29, 1.82) is 0 Å². The van der Waals surface area contributed by atoms with E-state index in [1.54, 1.807) is 18.2 Å². The molecule has 1 amide bonds. The molecule has 0 saturated carbocycles. The maximum absolute atomic E-state index is 12.3. The minimum Gasteiger partial charge on any atom is -0.507 e. The first kappa shape index (κ1) is 19.9. The number of hydrogen-bond donors (Lipinski definition) is 2. The lowest BCUT2D eigenvalue weighted by Crippen LogP contribution is -2.49. The molecule has 0 aliphatic carbocycles. The quantitative estimate of drug-likeness (QED) is 0.701. The van der Waals surface area contributed by atoms with E-state index in [1.165, 1.54) is 0 Å². The van der Waals surface area contributed by atoms with Crippen LogP contribution in [0.5, 0.6) is 5.75 Å². The number of aromatic nitrogens is 2. The van der Waals surface area contributed by atoms with E-state index < -0.39 is 0 Å². The summed E-state index contributed by atoms with van der Waals surface area (Å²) in [6.07, 6.45) is 1.37. The Morgan fingerprint density at radius 3 is 2.64 bits per heavy atom. The van der Waals surface area contributed by atoms with Gasteiger partial charge in [0.1, 0.15) is 5.75 Å². The van der Waals surface area contributed by atoms with E-state index in [0.717, 1.165) is 12.1 Å². The number of phenolic OH excluding ortho intramolecular Hbond substituents is 1. The van der Waals surface area contributed by atoms with Crippen LogP contribution >= 0.6 is 0 Å². The van der Waals surface area contributed by atoms with Gasteiger partial charge in [-0.1, -0.05) is 19.1 Å². The number of piperazine rings is 1. The summed E-state index contributed by atoms with van der Waals surface area (Å²) in [5, 5.41) is 18.2. The molecule has 0 radical (unpaired) electrons. The number of nitrogen functional groups attached to an aromatic ring is 1. The number of phenols is 1. The van der Waals surface area contributed by atoms with Crippen LogP contribution in [-0.4, -0.2) is 65.5 Å². The Balaban J connectivity index is 1.63. The molecular weight excluding hydrogens is 358 g/mol. The van der Waals surface area contributed by atoms with Gasteiger partial charge in [0.15, 0.2) is 5.82 Å². The van der Waals surface area contributed by atoms with Gasteiger partial charge in [-0.25, -0.2) is 0 Å². The van der Waals surface area contributed by atoms with Crippen molar-refractivity contribution in [2.75, 3.05) is 50.0 Å². The van der Waals surface area contributed by atoms with Crippen LogP contribution in [-0.2, 0) is 9.53 Å². The average molecular weight is 385 g/mol. The van der Waals surface area contributed by atoms with Gasteiger partial charge in [0, 0.05) is 38.3 Å². The Labute approximate surface area is 164 Å². The molecule has 0 spiro atoms. The summed E-state index contributed by atoms with van der Waals surface area (Å²) in [4.78, 5) is 16.3. The van der Waals surface area contributed by atoms with Crippen molar-refractivity contribution in [3.63, 3.8) is 0 Å². The highest BCUT2D eigenvalue weighted by atomic mass is 16.5. The van der Waals surface area contributed by atoms with Gasteiger partial charge in [0.25, 0.3) is 0 Å². The summed E-state index contributed by atoms with van der Waals surface area (Å²) in [5.74, 6) is 0.603. The van der Waals surface area contributed by atoms with Crippen LogP contribution in [0.3, 0.4) is 0 Å². The number of hydrogen-bond acceptors (Lipinski definition) is 7. The van der Waals surface area contributed by atoms with Gasteiger partial charge < -0.3 is 25.4 Å². The molecule has 1 aromatic heterocycles. The fourth-order valence-corrected chi connectivity index (χ4v) is 3.23. The van der Waals surface area contributed by atoms with Crippen LogP contribution in [0.15, 0.2) is 30.3 Å². The fourth-order valence-electron chi connectivity index (χ4n) is 3.23. The van der Waals surface area contributed by atoms with Crippen LogP contribution in [0, 0.1) is 0 Å². The Kier molecular flexibility index (Phi) is 6.65. The predicted molar refractivity (Wildman–Crippen MR) is 108 cm³/mol. The van der Waals surface area contributed by atoms with Crippen LogP contribution in [0.25, 0.3) is 11.3 Å². The Bertz CT molecular complexity index is 806. The zero-order chi connectivity index (χ0) is 19.9. The van der Waals surface area contributed by atoms with E-state index in [-0.39, 0.29) is 11.7 Å². The molecule has 8 nitrogen and oxygen atoms in total. The number of benzene rings is 1. The van der Waals surface area contributed by atoms with Crippen LogP contribution in [0.4, 0.5) is 11.5 Å². The normalized spacial score (nSPS) is 14.3. The van der Waals surface area contributed by atoms with Crippen LogP contribution in [0.2, 0.25) is 0 Å². The van der Waals surface area contributed by atoms with Gasteiger partial charge in [-0.3, -0.25) is 4.79 Å². The Morgan fingerprint density at radius 1 is 1.18 bits per heavy atom. The van der Waals surface area contributed by atoms with Crippen molar-refractivity contribution in [3.05, 3.63) is 30.3 Å². The second-order valence-electron chi connectivity index (χ2n) is 6.75. The Hall–Kier alpha value is -2.87. The van der Waals surface area contributed by atoms with E-state index >= 15 is 0 Å². The van der Waals surface area contributed by atoms with Crippen LogP contribution < -0.4 is 10.6 Å². The van der Waals surface area contributed by atoms with Crippen molar-refractivity contribution < 1.29 is 14.6 Å². The Morgan fingerprint density at radius 2 is 1.93 bits per heavy atom. The molecule has 1 aliphatic heterocycles. The second-order valence-corrected chi connectivity index (χ2v) is 6.75. The van der Waals surface area contributed by atoms with Gasteiger partial charge in [-0.05, 0) is 24.6 Å². The van der Waals surface area contributed by atoms with Gasteiger partial charge >= 0.3 is 0 Å². The zero-order valence-electron chi connectivity index (χ0n) is 16.2. The maximum Gasteiger partial charge on any atom is 0.225 e. The highest BCUT2D eigenvalue weighted by molar-refractivity contribution is 5.77. The zero-order valence-corrected chi connectivity index (χ0v) is 16.2. The summed E-state index contributed by atoms with van der Waals surface area (Å²) in [7, 11) is 0. The molecule has 1 aromatic carbocycles. The monoisotopic (exact) mass is 385 g/mol. The van der Waals surface area contributed by atoms with Crippen molar-refractivity contribution >= 4 is 17.4 Å². The third-order valence-electron chi connectivity index (χ3n) is 4.76. The molecule has 1 fully saturated rings. The first-order valence-corrected chi connectivity index (χ1v) is 9.62. The second kappa shape index (κ2) is 9.36. The maximum atomic E-state index is 12.3. The number of rotatable bonds is 7. The number of anilines is 2. The first-order chi connectivity index (χ1) is 13.6. The summed E-state index contributed by atoms with van der Waals surface area (Å²) in [6.45, 7) is 5.79. The number of para-hydroxylation sites is 1. The first-order valence-electron chi connectivity index (χ1n) is 9.62. The molecule has 0 bridgehead atoms. The number of carbonyl (C=O) groups is 1. The summed E-state index contributed by atoms with van der Waals surface area (Å²) >= 11 is 0. The number of amides is 1. The molecular formula is C20H27N5O3. The average Bonchev–Trinajstić information content (AvgIpc) is 2.72. The lowest BCUT2D eigenvalue weighted by molar-refractivity contribution is -0.132. The minimum absolute atomic E-state index is 0.117. The summed E-state index contributed by atoms with van der Waals surface area (Å²) in [6, 6.07) is 8.83. The predicted octanol–water partition coefficient (Wildman–Crippen LogP) is 1.90. The van der Waals surface area contributed by atoms with Crippen molar-refractivity contribution in [3.8, 4) is 17.0 Å². The highest BCUT2D eigenvalue weighted by Crippen LogP contribution is 2.31. The molecule has 3 N–H and O–H groups in total. The largest absolute Gasteiger partial charge is 0.507 e. The van der Waals surface area contributed by atoms with E-state index in [0.29, 0.717) is 62.9 Å². The molecule has 150 valence electrons. The van der Waals surface area contributed by atoms with Gasteiger partial charge in [-0.2, -0.15) is 0 Å². The van der Waals surface area contributed by atoms with Crippen molar-refractivity contribution in [1.82, 2.24) is 15.1 Å². The summed E-state index contributed by atoms with van der Waals surface area (Å²) < 4.78 is 5.41.